The van der Waals surface area contributed by atoms with Gasteiger partial charge in [0.15, 0.2) is 0 Å². The lowest BCUT2D eigenvalue weighted by molar-refractivity contribution is 1.16. The summed E-state index contributed by atoms with van der Waals surface area (Å²) in [6.45, 7) is 2.81. The molecule has 0 saturated heterocycles. The Bertz CT molecular complexity index is 619. The summed E-state index contributed by atoms with van der Waals surface area (Å²) in [5.41, 5.74) is 2.08. The minimum absolute atomic E-state index is 0.547. The van der Waals surface area contributed by atoms with Gasteiger partial charge in [0.1, 0.15) is 11.9 Å². The van der Waals surface area contributed by atoms with Crippen molar-refractivity contribution in [2.75, 3.05) is 17.2 Å². The van der Waals surface area contributed by atoms with Gasteiger partial charge >= 0.3 is 0 Å². The molecule has 19 heavy (non-hydrogen) atoms. The number of aromatic nitrogens is 1. The van der Waals surface area contributed by atoms with Crippen LogP contribution in [-0.2, 0) is 0 Å². The molecule has 0 fully saturated rings. The van der Waals surface area contributed by atoms with Gasteiger partial charge in [-0.25, -0.2) is 4.98 Å². The second-order valence-electron chi connectivity index (χ2n) is 3.89. The molecule has 2 aromatic rings. The van der Waals surface area contributed by atoms with Crippen molar-refractivity contribution in [3.63, 3.8) is 0 Å². The molecule has 1 aromatic heterocycles. The fourth-order valence-corrected chi connectivity index (χ4v) is 1.83. The molecule has 1 heterocycles. The van der Waals surface area contributed by atoms with E-state index in [-0.39, 0.29) is 0 Å². The Kier molecular flexibility index (Phi) is 4.22. The van der Waals surface area contributed by atoms with Crippen LogP contribution in [0.4, 0.5) is 17.2 Å². The highest BCUT2D eigenvalue weighted by atomic mass is 35.5. The average molecular weight is 273 g/mol. The maximum absolute atomic E-state index is 9.07. The van der Waals surface area contributed by atoms with E-state index >= 15 is 0 Å². The van der Waals surface area contributed by atoms with Crippen LogP contribution in [0, 0.1) is 11.3 Å². The van der Waals surface area contributed by atoms with Gasteiger partial charge in [-0.05, 0) is 31.2 Å². The van der Waals surface area contributed by atoms with Crippen LogP contribution in [0.5, 0.6) is 0 Å². The number of anilines is 3. The lowest BCUT2D eigenvalue weighted by Gasteiger charge is -2.10. The molecule has 0 saturated carbocycles. The zero-order valence-corrected chi connectivity index (χ0v) is 11.2. The number of pyridine rings is 1. The summed E-state index contributed by atoms with van der Waals surface area (Å²) in [6, 6.07) is 11.0. The van der Waals surface area contributed by atoms with Gasteiger partial charge < -0.3 is 10.6 Å². The van der Waals surface area contributed by atoms with Crippen molar-refractivity contribution in [1.29, 1.82) is 5.26 Å². The molecule has 4 nitrogen and oxygen atoms in total. The van der Waals surface area contributed by atoms with E-state index in [1.165, 1.54) is 0 Å². The Hall–Kier alpha value is -2.25. The van der Waals surface area contributed by atoms with Gasteiger partial charge in [-0.15, -0.1) is 0 Å². The van der Waals surface area contributed by atoms with Gasteiger partial charge in [-0.1, -0.05) is 11.6 Å². The maximum atomic E-state index is 9.07. The smallest absolute Gasteiger partial charge is 0.127 e. The second-order valence-corrected chi connectivity index (χ2v) is 4.32. The molecule has 0 atom stereocenters. The monoisotopic (exact) mass is 272 g/mol. The van der Waals surface area contributed by atoms with Crippen molar-refractivity contribution < 1.29 is 0 Å². The number of hydrogen-bond acceptors (Lipinski definition) is 4. The Morgan fingerprint density at radius 3 is 2.89 bits per heavy atom. The summed E-state index contributed by atoms with van der Waals surface area (Å²) in [5, 5.41) is 16.0. The number of hydrogen-bond donors (Lipinski definition) is 2. The van der Waals surface area contributed by atoms with Crippen molar-refractivity contribution in [3.8, 4) is 6.07 Å². The number of nitrogens with one attached hydrogen (secondary N) is 2. The molecule has 1 aromatic carbocycles. The SMILES string of the molecule is CCNc1cc(Nc2cc(Cl)ccc2C#N)ccn1. The average Bonchev–Trinajstić information content (AvgIpc) is 2.40. The van der Waals surface area contributed by atoms with Crippen LogP contribution in [0.1, 0.15) is 12.5 Å². The second kappa shape index (κ2) is 6.07. The first kappa shape index (κ1) is 13.2. The highest BCUT2D eigenvalue weighted by Crippen LogP contribution is 2.25. The molecule has 0 amide bonds. The molecule has 2 rings (SSSR count). The Morgan fingerprint density at radius 1 is 1.32 bits per heavy atom. The number of nitriles is 1. The molecule has 0 bridgehead atoms. The van der Waals surface area contributed by atoms with Gasteiger partial charge in [0.2, 0.25) is 0 Å². The molecule has 0 radical (unpaired) electrons. The van der Waals surface area contributed by atoms with Crippen molar-refractivity contribution in [2.45, 2.75) is 6.92 Å². The Morgan fingerprint density at radius 2 is 2.16 bits per heavy atom. The molecule has 96 valence electrons. The first-order chi connectivity index (χ1) is 9.22. The molecule has 5 heteroatoms. The maximum Gasteiger partial charge on any atom is 0.127 e. The van der Waals surface area contributed by atoms with Gasteiger partial charge in [0.25, 0.3) is 0 Å². The van der Waals surface area contributed by atoms with Crippen molar-refractivity contribution in [3.05, 3.63) is 47.1 Å². The van der Waals surface area contributed by atoms with Crippen LogP contribution >= 0.6 is 11.6 Å². The molecule has 0 aliphatic rings. The van der Waals surface area contributed by atoms with E-state index < -0.39 is 0 Å². The zero-order chi connectivity index (χ0) is 13.7. The van der Waals surface area contributed by atoms with Crippen molar-refractivity contribution >= 4 is 28.8 Å². The number of rotatable bonds is 4. The van der Waals surface area contributed by atoms with Crippen LogP contribution in [0.15, 0.2) is 36.5 Å². The highest BCUT2D eigenvalue weighted by molar-refractivity contribution is 6.30. The van der Waals surface area contributed by atoms with Crippen molar-refractivity contribution in [2.24, 2.45) is 0 Å². The third-order valence-corrected chi connectivity index (χ3v) is 2.73. The highest BCUT2D eigenvalue weighted by Gasteiger charge is 2.04. The Labute approximate surface area is 117 Å². The van der Waals surface area contributed by atoms with E-state index in [0.717, 1.165) is 18.1 Å². The fraction of sp³-hybridized carbons (Fsp3) is 0.143. The summed E-state index contributed by atoms with van der Waals surface area (Å²) < 4.78 is 0. The summed E-state index contributed by atoms with van der Waals surface area (Å²) in [5.74, 6) is 0.785. The van der Waals surface area contributed by atoms with Gasteiger partial charge in [-0.2, -0.15) is 5.26 Å². The fourth-order valence-electron chi connectivity index (χ4n) is 1.66. The number of halogens is 1. The molecular weight excluding hydrogens is 260 g/mol. The third-order valence-electron chi connectivity index (χ3n) is 2.50. The van der Waals surface area contributed by atoms with E-state index in [1.807, 2.05) is 19.1 Å². The van der Waals surface area contributed by atoms with Crippen LogP contribution in [0.2, 0.25) is 5.02 Å². The summed E-state index contributed by atoms with van der Waals surface area (Å²) in [4.78, 5) is 4.19. The topological polar surface area (TPSA) is 60.7 Å². The quantitative estimate of drug-likeness (QED) is 0.889. The van der Waals surface area contributed by atoms with E-state index in [9.17, 15) is 0 Å². The third kappa shape index (κ3) is 3.36. The minimum atomic E-state index is 0.547. The number of nitrogens with zero attached hydrogens (tertiary/aromatic N) is 2. The molecule has 0 unspecified atom stereocenters. The Balaban J connectivity index is 2.28. The van der Waals surface area contributed by atoms with Crippen LogP contribution < -0.4 is 10.6 Å². The van der Waals surface area contributed by atoms with Gasteiger partial charge in [0.05, 0.1) is 11.3 Å². The van der Waals surface area contributed by atoms with Crippen LogP contribution in [0.3, 0.4) is 0 Å². The van der Waals surface area contributed by atoms with Gasteiger partial charge in [0, 0.05) is 29.5 Å². The molecule has 0 aliphatic heterocycles. The van der Waals surface area contributed by atoms with E-state index in [2.05, 4.69) is 21.7 Å². The normalized spacial score (nSPS) is 9.74. The molecular formula is C14H13ClN4. The van der Waals surface area contributed by atoms with Crippen LogP contribution in [-0.4, -0.2) is 11.5 Å². The standard InChI is InChI=1S/C14H13ClN4/c1-2-17-14-8-12(5-6-18-14)19-13-7-11(15)4-3-10(13)9-16/h3-8H,2H2,1H3,(H2,17,18,19). The first-order valence-electron chi connectivity index (χ1n) is 5.89. The minimum Gasteiger partial charge on any atom is -0.370 e. The molecule has 0 spiro atoms. The zero-order valence-electron chi connectivity index (χ0n) is 10.4. The predicted octanol–water partition coefficient (Wildman–Crippen LogP) is 3.78. The van der Waals surface area contributed by atoms with Gasteiger partial charge in [-0.3, -0.25) is 0 Å². The number of benzene rings is 1. The van der Waals surface area contributed by atoms with E-state index in [4.69, 9.17) is 16.9 Å². The van der Waals surface area contributed by atoms with E-state index in [0.29, 0.717) is 16.3 Å². The largest absolute Gasteiger partial charge is 0.370 e. The summed E-state index contributed by atoms with van der Waals surface area (Å²) in [7, 11) is 0. The van der Waals surface area contributed by atoms with E-state index in [1.54, 1.807) is 24.4 Å². The predicted molar refractivity (Wildman–Crippen MR) is 77.9 cm³/mol. The lowest BCUT2D eigenvalue weighted by Crippen LogP contribution is -2.00. The summed E-state index contributed by atoms with van der Waals surface area (Å²) in [6.07, 6.45) is 1.71. The van der Waals surface area contributed by atoms with Crippen molar-refractivity contribution in [1.82, 2.24) is 4.98 Å². The molecule has 2 N–H and O–H groups in total. The first-order valence-corrected chi connectivity index (χ1v) is 6.27. The molecule has 0 aliphatic carbocycles. The van der Waals surface area contributed by atoms with Crippen LogP contribution in [0.25, 0.3) is 0 Å². The summed E-state index contributed by atoms with van der Waals surface area (Å²) >= 11 is 5.95. The lowest BCUT2D eigenvalue weighted by atomic mass is 10.2.